The summed E-state index contributed by atoms with van der Waals surface area (Å²) in [7, 11) is 0. The first-order valence-corrected chi connectivity index (χ1v) is 13.7. The molecule has 4 aliphatic rings. The Morgan fingerprint density at radius 3 is 2.50 bits per heavy atom. The summed E-state index contributed by atoms with van der Waals surface area (Å²) in [6.07, 6.45) is 2.18. The highest BCUT2D eigenvalue weighted by Gasteiger charge is 2.51. The molecule has 1 amide bonds. The third-order valence-electron chi connectivity index (χ3n) is 9.25. The maximum absolute atomic E-state index is 14.0. The average Bonchev–Trinajstić information content (AvgIpc) is 3.29. The second kappa shape index (κ2) is 11.4. The van der Waals surface area contributed by atoms with Gasteiger partial charge in [0, 0.05) is 43.5 Å². The van der Waals surface area contributed by atoms with E-state index in [2.05, 4.69) is 31.1 Å². The van der Waals surface area contributed by atoms with Gasteiger partial charge in [-0.15, -0.1) is 0 Å². The fourth-order valence-electron chi connectivity index (χ4n) is 7.32. The van der Waals surface area contributed by atoms with Crippen LogP contribution in [-0.4, -0.2) is 53.8 Å². The first-order chi connectivity index (χ1) is 18.0. The second-order valence-corrected chi connectivity index (χ2v) is 12.0. The summed E-state index contributed by atoms with van der Waals surface area (Å²) in [6, 6.07) is 1.92. The predicted molar refractivity (Wildman–Crippen MR) is 131 cm³/mol. The zero-order valence-electron chi connectivity index (χ0n) is 22.4. The highest BCUT2D eigenvalue weighted by atomic mass is 19.4. The number of carbonyl (C=O) groups is 1. The van der Waals surface area contributed by atoms with Crippen molar-refractivity contribution >= 4 is 12.1 Å². The normalized spacial score (nSPS) is 32.7. The van der Waals surface area contributed by atoms with Gasteiger partial charge in [0.1, 0.15) is 0 Å². The Kier molecular flexibility index (Phi) is 8.65. The van der Waals surface area contributed by atoms with Crippen LogP contribution >= 0.6 is 0 Å². The van der Waals surface area contributed by atoms with Gasteiger partial charge in [-0.3, -0.25) is 9.78 Å². The average molecular weight is 538 g/mol. The number of alkyl halides is 3. The van der Waals surface area contributed by atoms with Gasteiger partial charge < -0.3 is 15.0 Å². The molecule has 0 aromatic carbocycles. The van der Waals surface area contributed by atoms with Gasteiger partial charge in [-0.1, -0.05) is 20.8 Å². The molecule has 38 heavy (non-hydrogen) atoms. The Hall–Kier alpha value is -2.29. The van der Waals surface area contributed by atoms with E-state index in [-0.39, 0.29) is 24.5 Å². The molecule has 10 heteroatoms. The zero-order valence-corrected chi connectivity index (χ0v) is 22.4. The maximum Gasteiger partial charge on any atom is 0.417 e. The van der Waals surface area contributed by atoms with Gasteiger partial charge in [0.15, 0.2) is 0 Å². The minimum Gasteiger partial charge on any atom is -0.381 e. The van der Waals surface area contributed by atoms with Gasteiger partial charge in [0.05, 0.1) is 24.2 Å². The maximum atomic E-state index is 14.0. The minimum absolute atomic E-state index is 0.0978. The van der Waals surface area contributed by atoms with Gasteiger partial charge in [0.25, 0.3) is 0 Å². The smallest absolute Gasteiger partial charge is 0.381 e. The minimum atomic E-state index is -4.43. The number of pyridine rings is 1. The third kappa shape index (κ3) is 5.82. The molecule has 1 N–H and O–H groups in total. The number of nitrogens with one attached hydrogen (secondary N) is 1. The van der Waals surface area contributed by atoms with Crippen LogP contribution in [0.5, 0.6) is 0 Å². The zero-order chi connectivity index (χ0) is 27.7. The fourth-order valence-corrected chi connectivity index (χ4v) is 7.32. The molecule has 7 nitrogen and oxygen atoms in total. The standard InChI is InChI=1S/C27H38F3N3O2.CO2/c1-16(2)26(6-4-22(11-26)32-24-19-8-17(3)9-20(24)15-35-14-19)25(34)33-7-5-23-18(13-33)10-21(12-31-23)27(28,29)30;2-1-3/h10,12,16-17,19-20,22,24,32H,4-9,11,13-15H2,1-3H3;/t17?,19?,20?,22-,24?,26+;/m1./s1. The molecule has 3 heterocycles. The first kappa shape index (κ1) is 28.7. The van der Waals surface area contributed by atoms with Crippen LogP contribution in [0.1, 0.15) is 69.7 Å². The van der Waals surface area contributed by atoms with Crippen LogP contribution < -0.4 is 5.32 Å². The Labute approximate surface area is 221 Å². The molecule has 2 aliphatic carbocycles. The fraction of sp³-hybridized carbons (Fsp3) is 0.750. The highest BCUT2D eigenvalue weighted by molar-refractivity contribution is 5.83. The van der Waals surface area contributed by atoms with E-state index < -0.39 is 17.2 Å². The van der Waals surface area contributed by atoms with E-state index in [1.54, 1.807) is 4.90 Å². The van der Waals surface area contributed by atoms with Crippen molar-refractivity contribution in [2.75, 3.05) is 19.8 Å². The molecule has 1 aromatic heterocycles. The molecule has 2 bridgehead atoms. The number of fused-ring (bicyclic) bond motifs is 3. The van der Waals surface area contributed by atoms with Crippen LogP contribution in [0.4, 0.5) is 13.2 Å². The Bertz CT molecular complexity index is 1030. The number of hydrogen-bond donors (Lipinski definition) is 1. The van der Waals surface area contributed by atoms with E-state index in [1.165, 1.54) is 18.9 Å². The molecule has 210 valence electrons. The molecular weight excluding hydrogens is 499 g/mol. The SMILES string of the molecule is CC1CC2COCC(C1)C2N[C@@H]1CC[C@@](C(=O)N2CCc3ncc(C(F)(F)F)cc3C2)(C(C)C)C1.O=C=O. The molecule has 4 atom stereocenters. The van der Waals surface area contributed by atoms with Crippen LogP contribution in [0, 0.1) is 29.1 Å². The quantitative estimate of drug-likeness (QED) is 0.618. The van der Waals surface area contributed by atoms with Crippen LogP contribution in [0.2, 0.25) is 0 Å². The summed E-state index contributed by atoms with van der Waals surface area (Å²) in [6.45, 7) is 8.93. The van der Waals surface area contributed by atoms with E-state index in [0.29, 0.717) is 48.1 Å². The number of ether oxygens (including phenoxy) is 1. The highest BCUT2D eigenvalue weighted by Crippen LogP contribution is 2.48. The van der Waals surface area contributed by atoms with Gasteiger partial charge in [-0.05, 0) is 67.4 Å². The lowest BCUT2D eigenvalue weighted by Crippen LogP contribution is -2.55. The van der Waals surface area contributed by atoms with Crippen molar-refractivity contribution < 1.29 is 32.3 Å². The lowest BCUT2D eigenvalue weighted by atomic mass is 9.71. The lowest BCUT2D eigenvalue weighted by Gasteiger charge is -2.46. The largest absolute Gasteiger partial charge is 0.417 e. The van der Waals surface area contributed by atoms with E-state index in [4.69, 9.17) is 14.3 Å². The monoisotopic (exact) mass is 537 g/mol. The Balaban J connectivity index is 0.00000107. The summed E-state index contributed by atoms with van der Waals surface area (Å²) in [5.41, 5.74) is -0.0229. The summed E-state index contributed by atoms with van der Waals surface area (Å²) in [5.74, 6) is 2.08. The van der Waals surface area contributed by atoms with Crippen molar-refractivity contribution in [3.05, 3.63) is 29.1 Å². The molecule has 5 rings (SSSR count). The molecule has 3 fully saturated rings. The van der Waals surface area contributed by atoms with Crippen LogP contribution in [0.25, 0.3) is 0 Å². The third-order valence-corrected chi connectivity index (χ3v) is 9.25. The summed E-state index contributed by atoms with van der Waals surface area (Å²) in [4.78, 5) is 36.1. The van der Waals surface area contributed by atoms with Crippen molar-refractivity contribution in [3.63, 3.8) is 0 Å². The molecule has 2 aliphatic heterocycles. The van der Waals surface area contributed by atoms with Crippen LogP contribution in [0.15, 0.2) is 12.3 Å². The topological polar surface area (TPSA) is 88.6 Å². The number of amides is 1. The summed E-state index contributed by atoms with van der Waals surface area (Å²) < 4.78 is 45.6. The van der Waals surface area contributed by atoms with Crippen LogP contribution in [0.3, 0.4) is 0 Å². The number of hydrogen-bond acceptors (Lipinski definition) is 6. The van der Waals surface area contributed by atoms with E-state index >= 15 is 0 Å². The molecule has 0 spiro atoms. The number of nitrogens with zero attached hydrogens (tertiary/aromatic N) is 2. The van der Waals surface area contributed by atoms with Crippen molar-refractivity contribution in [2.45, 2.75) is 84.1 Å². The predicted octanol–water partition coefficient (Wildman–Crippen LogP) is 4.25. The molecule has 2 unspecified atom stereocenters. The number of aromatic nitrogens is 1. The molecular formula is C28H38F3N3O4. The molecule has 0 radical (unpaired) electrons. The van der Waals surface area contributed by atoms with Crippen LogP contribution in [-0.2, 0) is 38.3 Å². The summed E-state index contributed by atoms with van der Waals surface area (Å²) >= 11 is 0. The lowest BCUT2D eigenvalue weighted by molar-refractivity contribution is -0.191. The number of carbonyl (C=O) groups excluding carboxylic acids is 3. The molecule has 2 saturated carbocycles. The first-order valence-electron chi connectivity index (χ1n) is 13.7. The van der Waals surface area contributed by atoms with E-state index in [1.807, 2.05) is 0 Å². The van der Waals surface area contributed by atoms with E-state index in [9.17, 15) is 18.0 Å². The summed E-state index contributed by atoms with van der Waals surface area (Å²) in [5, 5.41) is 3.96. The van der Waals surface area contributed by atoms with E-state index in [0.717, 1.165) is 44.6 Å². The number of rotatable bonds is 4. The van der Waals surface area contributed by atoms with Crippen molar-refractivity contribution in [1.82, 2.24) is 15.2 Å². The van der Waals surface area contributed by atoms with Crippen molar-refractivity contribution in [2.24, 2.45) is 29.1 Å². The molecule has 1 aromatic rings. The Morgan fingerprint density at radius 1 is 1.24 bits per heavy atom. The van der Waals surface area contributed by atoms with Gasteiger partial charge in [-0.25, -0.2) is 0 Å². The molecule has 1 saturated heterocycles. The van der Waals surface area contributed by atoms with Crippen molar-refractivity contribution in [3.8, 4) is 0 Å². The van der Waals surface area contributed by atoms with Gasteiger partial charge in [-0.2, -0.15) is 22.8 Å². The van der Waals surface area contributed by atoms with Gasteiger partial charge >= 0.3 is 12.3 Å². The number of halogens is 3. The second-order valence-electron chi connectivity index (χ2n) is 12.0. The van der Waals surface area contributed by atoms with Crippen molar-refractivity contribution in [1.29, 1.82) is 0 Å². The Morgan fingerprint density at radius 2 is 1.89 bits per heavy atom. The van der Waals surface area contributed by atoms with Gasteiger partial charge in [0.2, 0.25) is 5.91 Å².